The number of amides is 1. The number of rotatable bonds is 3. The van der Waals surface area contributed by atoms with Gasteiger partial charge in [-0.2, -0.15) is 0 Å². The predicted molar refractivity (Wildman–Crippen MR) is 100 cm³/mol. The Kier molecular flexibility index (Phi) is 4.36. The minimum absolute atomic E-state index is 0.00101. The summed E-state index contributed by atoms with van der Waals surface area (Å²) in [7, 11) is 3.68. The Morgan fingerprint density at radius 2 is 2.12 bits per heavy atom. The first-order chi connectivity index (χ1) is 12.5. The lowest BCUT2D eigenvalue weighted by molar-refractivity contribution is 0.0699. The molecule has 1 fully saturated rings. The van der Waals surface area contributed by atoms with E-state index in [1.807, 2.05) is 19.0 Å². The number of anilines is 1. The number of imidazole rings is 1. The highest BCUT2D eigenvalue weighted by Crippen LogP contribution is 2.31. The van der Waals surface area contributed by atoms with Crippen LogP contribution in [-0.4, -0.2) is 51.5 Å². The Labute approximate surface area is 154 Å². The largest absolute Gasteiger partial charge is 0.348 e. The van der Waals surface area contributed by atoms with Crippen LogP contribution in [0.1, 0.15) is 23.3 Å². The van der Waals surface area contributed by atoms with Crippen molar-refractivity contribution in [3.8, 4) is 0 Å². The summed E-state index contributed by atoms with van der Waals surface area (Å²) < 4.78 is 16.0. The molecule has 26 heavy (non-hydrogen) atoms. The quantitative estimate of drug-likeness (QED) is 0.708. The fourth-order valence-electron chi connectivity index (χ4n) is 3.38. The van der Waals surface area contributed by atoms with Crippen molar-refractivity contribution in [2.75, 3.05) is 25.0 Å². The van der Waals surface area contributed by atoms with Gasteiger partial charge < -0.3 is 14.4 Å². The van der Waals surface area contributed by atoms with Crippen molar-refractivity contribution in [1.82, 2.24) is 19.4 Å². The van der Waals surface area contributed by atoms with Gasteiger partial charge in [-0.1, -0.05) is 11.3 Å². The number of halogens is 1. The molecule has 1 aliphatic heterocycles. The molecule has 1 amide bonds. The summed E-state index contributed by atoms with van der Waals surface area (Å²) in [5, 5.41) is 0.921. The predicted octanol–water partition coefficient (Wildman–Crippen LogP) is 2.91. The van der Waals surface area contributed by atoms with Crippen LogP contribution in [0.4, 0.5) is 9.52 Å². The molecule has 0 saturated carbocycles. The Morgan fingerprint density at radius 1 is 1.35 bits per heavy atom. The van der Waals surface area contributed by atoms with E-state index in [1.54, 1.807) is 23.2 Å². The van der Waals surface area contributed by atoms with Gasteiger partial charge in [-0.3, -0.25) is 4.79 Å². The van der Waals surface area contributed by atoms with Gasteiger partial charge in [0.25, 0.3) is 5.91 Å². The number of piperidine rings is 1. The molecular weight excluding hydrogens is 353 g/mol. The number of fused-ring (bicyclic) bond motifs is 1. The van der Waals surface area contributed by atoms with Crippen LogP contribution in [0, 0.1) is 5.82 Å². The zero-order chi connectivity index (χ0) is 18.3. The second-order valence-electron chi connectivity index (χ2n) is 6.63. The van der Waals surface area contributed by atoms with E-state index < -0.39 is 0 Å². The molecule has 0 radical (unpaired) electrons. The lowest BCUT2D eigenvalue weighted by Crippen LogP contribution is -2.46. The number of thiazole rings is 1. The summed E-state index contributed by atoms with van der Waals surface area (Å²) in [4.78, 5) is 25.3. The van der Waals surface area contributed by atoms with Gasteiger partial charge in [0.05, 0.1) is 22.7 Å². The molecule has 1 saturated heterocycles. The Balaban J connectivity index is 1.43. The highest BCUT2D eigenvalue weighted by molar-refractivity contribution is 7.22. The van der Waals surface area contributed by atoms with Gasteiger partial charge >= 0.3 is 0 Å². The number of benzene rings is 1. The first-order valence-electron chi connectivity index (χ1n) is 8.57. The lowest BCUT2D eigenvalue weighted by atomic mass is 10.0. The maximum absolute atomic E-state index is 13.4. The summed E-state index contributed by atoms with van der Waals surface area (Å²) in [6, 6.07) is 4.89. The molecule has 0 aliphatic carbocycles. The third kappa shape index (κ3) is 3.05. The second-order valence-corrected chi connectivity index (χ2v) is 7.64. The molecule has 0 N–H and O–H groups in total. The Bertz CT molecular complexity index is 944. The molecule has 0 bridgehead atoms. The van der Waals surface area contributed by atoms with Gasteiger partial charge in [0.15, 0.2) is 5.13 Å². The minimum Gasteiger partial charge on any atom is -0.348 e. The van der Waals surface area contributed by atoms with Crippen LogP contribution in [0.3, 0.4) is 0 Å². The molecule has 136 valence electrons. The number of carbonyl (C=O) groups is 1. The summed E-state index contributed by atoms with van der Waals surface area (Å²) in [5.41, 5.74) is 1.43. The van der Waals surface area contributed by atoms with Gasteiger partial charge in [-0.25, -0.2) is 14.4 Å². The smallest absolute Gasteiger partial charge is 0.272 e. The summed E-state index contributed by atoms with van der Waals surface area (Å²) in [6.45, 7) is 1.66. The SMILES string of the molecule is CN(C(=O)c1cncn1C)C1CCN(c2nc3ccc(F)cc3s2)CC1. The number of aryl methyl sites for hydroxylation is 1. The fraction of sp³-hybridized carbons (Fsp3) is 0.389. The minimum atomic E-state index is -0.235. The van der Waals surface area contributed by atoms with Gasteiger partial charge in [0, 0.05) is 33.2 Å². The molecule has 2 aromatic heterocycles. The van der Waals surface area contributed by atoms with E-state index in [0.29, 0.717) is 5.69 Å². The zero-order valence-corrected chi connectivity index (χ0v) is 15.5. The first-order valence-corrected chi connectivity index (χ1v) is 9.39. The van der Waals surface area contributed by atoms with Crippen molar-refractivity contribution in [1.29, 1.82) is 0 Å². The van der Waals surface area contributed by atoms with Gasteiger partial charge in [0.1, 0.15) is 11.5 Å². The third-order valence-electron chi connectivity index (χ3n) is 4.98. The van der Waals surface area contributed by atoms with Crippen LogP contribution in [0.5, 0.6) is 0 Å². The topological polar surface area (TPSA) is 54.3 Å². The Morgan fingerprint density at radius 3 is 2.81 bits per heavy atom. The zero-order valence-electron chi connectivity index (χ0n) is 14.7. The summed E-state index contributed by atoms with van der Waals surface area (Å²) >= 11 is 1.52. The molecule has 1 aliphatic rings. The standard InChI is InChI=1S/C18H20FN5OS/c1-22-11-20-10-15(22)17(25)23(2)13-5-7-24(8-6-13)18-21-14-4-3-12(19)9-16(14)26-18/h3-4,9-11,13H,5-8H2,1-2H3. The van der Waals surface area contributed by atoms with Crippen LogP contribution >= 0.6 is 11.3 Å². The molecule has 0 unspecified atom stereocenters. The van der Waals surface area contributed by atoms with Crippen molar-refractivity contribution in [2.45, 2.75) is 18.9 Å². The van der Waals surface area contributed by atoms with E-state index in [2.05, 4.69) is 14.9 Å². The van der Waals surface area contributed by atoms with Gasteiger partial charge in [-0.05, 0) is 31.0 Å². The fourth-order valence-corrected chi connectivity index (χ4v) is 4.42. The van der Waals surface area contributed by atoms with Crippen LogP contribution in [0.25, 0.3) is 10.2 Å². The summed E-state index contributed by atoms with van der Waals surface area (Å²) in [6.07, 6.45) is 5.00. The Hall–Kier alpha value is -2.48. The highest BCUT2D eigenvalue weighted by atomic mass is 32.1. The molecule has 4 rings (SSSR count). The second kappa shape index (κ2) is 6.68. The average molecular weight is 373 g/mol. The first kappa shape index (κ1) is 17.0. The van der Waals surface area contributed by atoms with Crippen LogP contribution < -0.4 is 4.90 Å². The normalized spacial score (nSPS) is 15.6. The number of hydrogen-bond donors (Lipinski definition) is 0. The van der Waals surface area contributed by atoms with E-state index in [0.717, 1.165) is 41.3 Å². The summed E-state index contributed by atoms with van der Waals surface area (Å²) in [5.74, 6) is -0.236. The number of carbonyl (C=O) groups excluding carboxylic acids is 1. The molecule has 8 heteroatoms. The van der Waals surface area contributed by atoms with Crippen LogP contribution in [0.2, 0.25) is 0 Å². The van der Waals surface area contributed by atoms with Crippen LogP contribution in [0.15, 0.2) is 30.7 Å². The molecule has 3 aromatic rings. The molecule has 0 atom stereocenters. The van der Waals surface area contributed by atoms with Crippen molar-refractivity contribution < 1.29 is 9.18 Å². The average Bonchev–Trinajstić information content (AvgIpc) is 3.26. The van der Waals surface area contributed by atoms with E-state index in [4.69, 9.17) is 0 Å². The van der Waals surface area contributed by atoms with Crippen molar-refractivity contribution in [3.05, 3.63) is 42.2 Å². The molecule has 1 aromatic carbocycles. The maximum atomic E-state index is 13.4. The van der Waals surface area contributed by atoms with E-state index >= 15 is 0 Å². The molecule has 3 heterocycles. The third-order valence-corrected chi connectivity index (χ3v) is 6.06. The monoisotopic (exact) mass is 373 g/mol. The maximum Gasteiger partial charge on any atom is 0.272 e. The van der Waals surface area contributed by atoms with Gasteiger partial charge in [-0.15, -0.1) is 0 Å². The van der Waals surface area contributed by atoms with Crippen molar-refractivity contribution in [3.63, 3.8) is 0 Å². The number of aromatic nitrogens is 3. The van der Waals surface area contributed by atoms with Crippen molar-refractivity contribution in [2.24, 2.45) is 7.05 Å². The molecular formula is C18H20FN5OS. The van der Waals surface area contributed by atoms with E-state index in [9.17, 15) is 9.18 Å². The molecule has 6 nitrogen and oxygen atoms in total. The van der Waals surface area contributed by atoms with Crippen LogP contribution in [-0.2, 0) is 7.05 Å². The number of hydrogen-bond acceptors (Lipinski definition) is 5. The van der Waals surface area contributed by atoms with E-state index in [1.165, 1.54) is 23.5 Å². The highest BCUT2D eigenvalue weighted by Gasteiger charge is 2.28. The number of nitrogens with zero attached hydrogens (tertiary/aromatic N) is 5. The van der Waals surface area contributed by atoms with Gasteiger partial charge in [0.2, 0.25) is 0 Å². The molecule has 0 spiro atoms. The lowest BCUT2D eigenvalue weighted by Gasteiger charge is -2.36. The van der Waals surface area contributed by atoms with Crippen molar-refractivity contribution >= 4 is 32.6 Å². The van der Waals surface area contributed by atoms with E-state index in [-0.39, 0.29) is 17.8 Å².